The normalized spacial score (nSPS) is 11.6. The molecular weight excluding hydrogens is 250 g/mol. The second-order valence-corrected chi connectivity index (χ2v) is 4.37. The molecule has 0 rings (SSSR count). The van der Waals surface area contributed by atoms with Gasteiger partial charge in [-0.15, -0.1) is 0 Å². The highest BCUT2D eigenvalue weighted by atomic mass is 16.4. The van der Waals surface area contributed by atoms with E-state index in [1.807, 2.05) is 0 Å². The number of carbonyl (C=O) groups is 3. The van der Waals surface area contributed by atoms with E-state index in [1.165, 1.54) is 23.8 Å². The molecule has 0 spiro atoms. The molecule has 0 saturated heterocycles. The van der Waals surface area contributed by atoms with E-state index in [2.05, 4.69) is 5.32 Å². The second kappa shape index (κ2) is 8.34. The number of carboxylic acids is 1. The van der Waals surface area contributed by atoms with E-state index < -0.39 is 11.9 Å². The molecule has 0 bridgehead atoms. The molecule has 0 fully saturated rings. The SMILES string of the molecule is CCNC(=O)CN(CC)C(=O)N(C)CC(C)C(=O)O. The molecule has 7 heteroatoms. The van der Waals surface area contributed by atoms with Crippen molar-refractivity contribution in [3.63, 3.8) is 0 Å². The van der Waals surface area contributed by atoms with E-state index in [0.717, 1.165) is 0 Å². The Labute approximate surface area is 113 Å². The number of amides is 3. The average Bonchev–Trinajstić information content (AvgIpc) is 2.35. The fourth-order valence-electron chi connectivity index (χ4n) is 1.55. The van der Waals surface area contributed by atoms with Crippen LogP contribution in [0.4, 0.5) is 4.79 Å². The number of carboxylic acid groups (broad SMARTS) is 1. The summed E-state index contributed by atoms with van der Waals surface area (Å²) in [6.45, 7) is 6.10. The molecule has 0 aromatic heterocycles. The zero-order valence-electron chi connectivity index (χ0n) is 12.0. The fourth-order valence-corrected chi connectivity index (χ4v) is 1.55. The third-order valence-electron chi connectivity index (χ3n) is 2.66. The highest BCUT2D eigenvalue weighted by Crippen LogP contribution is 2.02. The zero-order valence-corrected chi connectivity index (χ0v) is 12.0. The van der Waals surface area contributed by atoms with Gasteiger partial charge in [0.05, 0.1) is 5.92 Å². The highest BCUT2D eigenvalue weighted by Gasteiger charge is 2.22. The van der Waals surface area contributed by atoms with Crippen LogP contribution in [0, 0.1) is 5.92 Å². The minimum atomic E-state index is -0.952. The molecule has 1 unspecified atom stereocenters. The lowest BCUT2D eigenvalue weighted by molar-refractivity contribution is -0.141. The number of carbonyl (C=O) groups excluding carboxylic acids is 2. The molecule has 0 saturated carbocycles. The van der Waals surface area contributed by atoms with Crippen LogP contribution in [0.5, 0.6) is 0 Å². The van der Waals surface area contributed by atoms with E-state index in [1.54, 1.807) is 13.8 Å². The van der Waals surface area contributed by atoms with E-state index >= 15 is 0 Å². The summed E-state index contributed by atoms with van der Waals surface area (Å²) < 4.78 is 0. The fraction of sp³-hybridized carbons (Fsp3) is 0.750. The van der Waals surface area contributed by atoms with Gasteiger partial charge in [-0.05, 0) is 13.8 Å². The van der Waals surface area contributed by atoms with Crippen LogP contribution in [0.2, 0.25) is 0 Å². The zero-order chi connectivity index (χ0) is 15.0. The van der Waals surface area contributed by atoms with Gasteiger partial charge in [0.15, 0.2) is 0 Å². The number of nitrogens with one attached hydrogen (secondary N) is 1. The van der Waals surface area contributed by atoms with Crippen LogP contribution in [-0.2, 0) is 9.59 Å². The Balaban J connectivity index is 4.48. The maximum Gasteiger partial charge on any atom is 0.320 e. The Morgan fingerprint density at radius 2 is 1.84 bits per heavy atom. The van der Waals surface area contributed by atoms with Crippen molar-refractivity contribution in [2.45, 2.75) is 20.8 Å². The third kappa shape index (κ3) is 6.08. The summed E-state index contributed by atoms with van der Waals surface area (Å²) in [5.41, 5.74) is 0. The molecule has 2 N–H and O–H groups in total. The van der Waals surface area contributed by atoms with Crippen LogP contribution < -0.4 is 5.32 Å². The first kappa shape index (κ1) is 17.2. The standard InChI is InChI=1S/C12H23N3O4/c1-5-13-10(16)8-15(6-2)12(19)14(4)7-9(3)11(17)18/h9H,5-8H2,1-4H3,(H,13,16)(H,17,18). The van der Waals surface area contributed by atoms with Crippen molar-refractivity contribution >= 4 is 17.9 Å². The van der Waals surface area contributed by atoms with Crippen LogP contribution in [0.25, 0.3) is 0 Å². The lowest BCUT2D eigenvalue weighted by Crippen LogP contribution is -2.47. The van der Waals surface area contributed by atoms with Crippen LogP contribution in [0.1, 0.15) is 20.8 Å². The molecule has 0 aliphatic carbocycles. The van der Waals surface area contributed by atoms with Gasteiger partial charge in [-0.3, -0.25) is 9.59 Å². The maximum absolute atomic E-state index is 12.1. The molecule has 0 radical (unpaired) electrons. The van der Waals surface area contributed by atoms with Gasteiger partial charge in [0.25, 0.3) is 0 Å². The molecule has 1 atom stereocenters. The summed E-state index contributed by atoms with van der Waals surface area (Å²) >= 11 is 0. The summed E-state index contributed by atoms with van der Waals surface area (Å²) in [5, 5.41) is 11.4. The van der Waals surface area contributed by atoms with Gasteiger partial charge in [-0.1, -0.05) is 6.92 Å². The summed E-state index contributed by atoms with van der Waals surface area (Å²) in [7, 11) is 1.53. The summed E-state index contributed by atoms with van der Waals surface area (Å²) in [6.07, 6.45) is 0. The minimum absolute atomic E-state index is 0.0189. The molecule has 19 heavy (non-hydrogen) atoms. The summed E-state index contributed by atoms with van der Waals surface area (Å²) in [4.78, 5) is 36.9. The first-order valence-corrected chi connectivity index (χ1v) is 6.32. The number of nitrogens with zero attached hydrogens (tertiary/aromatic N) is 2. The van der Waals surface area contributed by atoms with Crippen molar-refractivity contribution in [3.8, 4) is 0 Å². The van der Waals surface area contributed by atoms with Gasteiger partial charge in [0, 0.05) is 26.7 Å². The van der Waals surface area contributed by atoms with Gasteiger partial charge in [0.2, 0.25) is 5.91 Å². The monoisotopic (exact) mass is 273 g/mol. The summed E-state index contributed by atoms with van der Waals surface area (Å²) in [5.74, 6) is -1.82. The number of likely N-dealkylation sites (N-methyl/N-ethyl adjacent to an activating group) is 2. The number of urea groups is 1. The van der Waals surface area contributed by atoms with Gasteiger partial charge >= 0.3 is 12.0 Å². The van der Waals surface area contributed by atoms with Crippen LogP contribution in [-0.4, -0.2) is 66.0 Å². The molecule has 0 aromatic carbocycles. The Hall–Kier alpha value is -1.79. The Bertz CT molecular complexity index is 333. The minimum Gasteiger partial charge on any atom is -0.481 e. The molecule has 0 heterocycles. The van der Waals surface area contributed by atoms with Crippen LogP contribution >= 0.6 is 0 Å². The highest BCUT2D eigenvalue weighted by molar-refractivity contribution is 5.84. The molecule has 0 aromatic rings. The van der Waals surface area contributed by atoms with Crippen molar-refractivity contribution in [2.24, 2.45) is 5.92 Å². The van der Waals surface area contributed by atoms with E-state index in [4.69, 9.17) is 5.11 Å². The van der Waals surface area contributed by atoms with Crippen molar-refractivity contribution < 1.29 is 19.5 Å². The van der Waals surface area contributed by atoms with E-state index in [0.29, 0.717) is 13.1 Å². The Morgan fingerprint density at radius 3 is 2.26 bits per heavy atom. The molecule has 3 amide bonds. The van der Waals surface area contributed by atoms with Crippen LogP contribution in [0.3, 0.4) is 0 Å². The maximum atomic E-state index is 12.1. The van der Waals surface area contributed by atoms with E-state index in [-0.39, 0.29) is 25.0 Å². The number of aliphatic carboxylic acids is 1. The topological polar surface area (TPSA) is 90.0 Å². The van der Waals surface area contributed by atoms with Crippen molar-refractivity contribution in [3.05, 3.63) is 0 Å². The lowest BCUT2D eigenvalue weighted by Gasteiger charge is -2.27. The van der Waals surface area contributed by atoms with Gasteiger partial charge in [0.1, 0.15) is 6.54 Å². The second-order valence-electron chi connectivity index (χ2n) is 4.37. The van der Waals surface area contributed by atoms with Gasteiger partial charge in [-0.25, -0.2) is 4.79 Å². The van der Waals surface area contributed by atoms with Crippen molar-refractivity contribution in [2.75, 3.05) is 33.2 Å². The lowest BCUT2D eigenvalue weighted by atomic mass is 10.2. The smallest absolute Gasteiger partial charge is 0.320 e. The summed E-state index contributed by atoms with van der Waals surface area (Å²) in [6, 6.07) is -0.346. The predicted octanol–water partition coefficient (Wildman–Crippen LogP) is 0.217. The Kier molecular flexibility index (Phi) is 7.55. The number of rotatable bonds is 7. The first-order chi connectivity index (χ1) is 8.83. The largest absolute Gasteiger partial charge is 0.481 e. The third-order valence-corrected chi connectivity index (χ3v) is 2.66. The molecule has 110 valence electrons. The quantitative estimate of drug-likeness (QED) is 0.694. The average molecular weight is 273 g/mol. The van der Waals surface area contributed by atoms with Crippen LogP contribution in [0.15, 0.2) is 0 Å². The molecule has 0 aliphatic heterocycles. The predicted molar refractivity (Wildman–Crippen MR) is 70.8 cm³/mol. The van der Waals surface area contributed by atoms with Gasteiger partial charge < -0.3 is 20.2 Å². The molecule has 7 nitrogen and oxygen atoms in total. The number of hydrogen-bond donors (Lipinski definition) is 2. The van der Waals surface area contributed by atoms with Crippen molar-refractivity contribution in [1.82, 2.24) is 15.1 Å². The number of hydrogen-bond acceptors (Lipinski definition) is 3. The molecule has 0 aliphatic rings. The first-order valence-electron chi connectivity index (χ1n) is 6.32. The molecular formula is C12H23N3O4. The van der Waals surface area contributed by atoms with Gasteiger partial charge in [-0.2, -0.15) is 0 Å². The van der Waals surface area contributed by atoms with E-state index in [9.17, 15) is 14.4 Å². The Morgan fingerprint density at radius 1 is 1.26 bits per heavy atom. The van der Waals surface area contributed by atoms with Crippen molar-refractivity contribution in [1.29, 1.82) is 0 Å².